The van der Waals surface area contributed by atoms with Crippen molar-refractivity contribution in [1.82, 2.24) is 14.9 Å². The van der Waals surface area contributed by atoms with Crippen LogP contribution in [0, 0.1) is 0 Å². The van der Waals surface area contributed by atoms with Gasteiger partial charge in [-0.25, -0.2) is 4.98 Å². The standard InChI is InChI=1S/C17H17N3OS/c1-2-6-16-15(5-1)19-17(22-16)12-20-9-7-14(11-20)21-13-4-3-8-18-10-13/h1-6,8,10,14H,7,9,11-12H2/t14-/m1/s1. The zero-order valence-electron chi connectivity index (χ0n) is 12.2. The highest BCUT2D eigenvalue weighted by Crippen LogP contribution is 2.24. The topological polar surface area (TPSA) is 38.2 Å². The summed E-state index contributed by atoms with van der Waals surface area (Å²) in [5.74, 6) is 0.856. The largest absolute Gasteiger partial charge is 0.487 e. The lowest BCUT2D eigenvalue weighted by Gasteiger charge is -2.15. The Labute approximate surface area is 133 Å². The molecule has 1 fully saturated rings. The Balaban J connectivity index is 1.38. The van der Waals surface area contributed by atoms with Gasteiger partial charge in [0.05, 0.1) is 23.0 Å². The van der Waals surface area contributed by atoms with E-state index in [9.17, 15) is 0 Å². The molecule has 0 spiro atoms. The molecule has 112 valence electrons. The average Bonchev–Trinajstić information content (AvgIpc) is 3.14. The zero-order chi connectivity index (χ0) is 14.8. The molecule has 1 aliphatic heterocycles. The van der Waals surface area contributed by atoms with Gasteiger partial charge in [0.25, 0.3) is 0 Å². The molecule has 4 nitrogen and oxygen atoms in total. The number of ether oxygens (including phenoxy) is 1. The zero-order valence-corrected chi connectivity index (χ0v) is 13.0. The van der Waals surface area contributed by atoms with Crippen LogP contribution in [-0.2, 0) is 6.54 Å². The molecule has 0 bridgehead atoms. The van der Waals surface area contributed by atoms with E-state index in [1.807, 2.05) is 18.2 Å². The van der Waals surface area contributed by atoms with Crippen LogP contribution >= 0.6 is 11.3 Å². The summed E-state index contributed by atoms with van der Waals surface area (Å²) in [5.41, 5.74) is 1.10. The molecule has 0 radical (unpaired) electrons. The number of thiazole rings is 1. The summed E-state index contributed by atoms with van der Waals surface area (Å²) in [6.45, 7) is 2.91. The van der Waals surface area contributed by atoms with Gasteiger partial charge in [0, 0.05) is 19.3 Å². The van der Waals surface area contributed by atoms with Gasteiger partial charge in [-0.2, -0.15) is 0 Å². The number of likely N-dealkylation sites (tertiary alicyclic amines) is 1. The molecule has 0 N–H and O–H groups in total. The Morgan fingerprint density at radius 2 is 2.18 bits per heavy atom. The quantitative estimate of drug-likeness (QED) is 0.740. The van der Waals surface area contributed by atoms with Crippen molar-refractivity contribution in [2.45, 2.75) is 19.1 Å². The highest BCUT2D eigenvalue weighted by molar-refractivity contribution is 7.18. The predicted molar refractivity (Wildman–Crippen MR) is 88.2 cm³/mol. The summed E-state index contributed by atoms with van der Waals surface area (Å²) in [6.07, 6.45) is 4.84. The van der Waals surface area contributed by atoms with Crippen molar-refractivity contribution in [3.05, 3.63) is 53.8 Å². The summed E-state index contributed by atoms with van der Waals surface area (Å²) in [5, 5.41) is 1.18. The first-order valence-corrected chi connectivity index (χ1v) is 8.32. The summed E-state index contributed by atoms with van der Waals surface area (Å²) in [4.78, 5) is 11.2. The third-order valence-electron chi connectivity index (χ3n) is 3.86. The summed E-state index contributed by atoms with van der Waals surface area (Å²) < 4.78 is 7.24. The van der Waals surface area contributed by atoms with Crippen LogP contribution in [0.25, 0.3) is 10.2 Å². The maximum Gasteiger partial charge on any atom is 0.138 e. The smallest absolute Gasteiger partial charge is 0.138 e. The number of aromatic nitrogens is 2. The fraction of sp³-hybridized carbons (Fsp3) is 0.294. The summed E-state index contributed by atoms with van der Waals surface area (Å²) >= 11 is 1.79. The molecule has 1 aliphatic rings. The van der Waals surface area contributed by atoms with Crippen LogP contribution in [0.15, 0.2) is 48.8 Å². The number of fused-ring (bicyclic) bond motifs is 1. The second-order valence-corrected chi connectivity index (χ2v) is 6.64. The summed E-state index contributed by atoms with van der Waals surface area (Å²) in [6, 6.07) is 12.2. The fourth-order valence-corrected chi connectivity index (χ4v) is 3.83. The molecule has 0 unspecified atom stereocenters. The third-order valence-corrected chi connectivity index (χ3v) is 4.88. The second kappa shape index (κ2) is 6.02. The normalized spacial score (nSPS) is 18.8. The van der Waals surface area contributed by atoms with Gasteiger partial charge in [-0.1, -0.05) is 12.1 Å². The first kappa shape index (κ1) is 13.7. The Morgan fingerprint density at radius 3 is 3.05 bits per heavy atom. The average molecular weight is 311 g/mol. The van der Waals surface area contributed by atoms with Gasteiger partial charge >= 0.3 is 0 Å². The van der Waals surface area contributed by atoms with Gasteiger partial charge in [0.2, 0.25) is 0 Å². The lowest BCUT2D eigenvalue weighted by atomic mass is 10.3. The first-order chi connectivity index (χ1) is 10.9. The van der Waals surface area contributed by atoms with Crippen molar-refractivity contribution in [2.24, 2.45) is 0 Å². The molecule has 3 heterocycles. The number of benzene rings is 1. The minimum absolute atomic E-state index is 0.249. The van der Waals surface area contributed by atoms with Crippen molar-refractivity contribution in [1.29, 1.82) is 0 Å². The molecular weight excluding hydrogens is 294 g/mol. The molecule has 0 saturated carbocycles. The van der Waals surface area contributed by atoms with E-state index in [0.717, 1.165) is 37.3 Å². The number of para-hydroxylation sites is 1. The van der Waals surface area contributed by atoms with Crippen molar-refractivity contribution in [3.63, 3.8) is 0 Å². The highest BCUT2D eigenvalue weighted by Gasteiger charge is 2.24. The molecule has 5 heteroatoms. The molecule has 0 amide bonds. The number of nitrogens with zero attached hydrogens (tertiary/aromatic N) is 3. The van der Waals surface area contributed by atoms with E-state index in [0.29, 0.717) is 0 Å². The summed E-state index contributed by atoms with van der Waals surface area (Å²) in [7, 11) is 0. The van der Waals surface area contributed by atoms with Crippen LogP contribution in [0.4, 0.5) is 0 Å². The Hall–Kier alpha value is -1.98. The molecule has 1 atom stereocenters. The van der Waals surface area contributed by atoms with E-state index in [1.165, 1.54) is 9.71 Å². The van der Waals surface area contributed by atoms with Crippen molar-refractivity contribution in [3.8, 4) is 5.75 Å². The fourth-order valence-electron chi connectivity index (χ4n) is 2.83. The molecule has 0 aliphatic carbocycles. The maximum absolute atomic E-state index is 5.98. The van der Waals surface area contributed by atoms with E-state index in [-0.39, 0.29) is 6.10 Å². The number of hydrogen-bond acceptors (Lipinski definition) is 5. The molecule has 1 aromatic carbocycles. The van der Waals surface area contributed by atoms with Crippen molar-refractivity contribution < 1.29 is 4.74 Å². The van der Waals surface area contributed by atoms with Gasteiger partial charge in [-0.15, -0.1) is 11.3 Å². The van der Waals surface area contributed by atoms with Crippen molar-refractivity contribution in [2.75, 3.05) is 13.1 Å². The Morgan fingerprint density at radius 1 is 1.23 bits per heavy atom. The number of pyridine rings is 1. The van der Waals surface area contributed by atoms with E-state index in [2.05, 4.69) is 28.1 Å². The van der Waals surface area contributed by atoms with E-state index >= 15 is 0 Å². The lowest BCUT2D eigenvalue weighted by molar-refractivity contribution is 0.197. The van der Waals surface area contributed by atoms with Gasteiger partial charge in [-0.3, -0.25) is 9.88 Å². The van der Waals surface area contributed by atoms with Crippen LogP contribution < -0.4 is 4.74 Å². The Kier molecular flexibility index (Phi) is 3.74. The molecule has 3 aromatic rings. The van der Waals surface area contributed by atoms with Crippen LogP contribution in [-0.4, -0.2) is 34.1 Å². The van der Waals surface area contributed by atoms with Crippen LogP contribution in [0.1, 0.15) is 11.4 Å². The minimum atomic E-state index is 0.249. The number of rotatable bonds is 4. The monoisotopic (exact) mass is 311 g/mol. The SMILES string of the molecule is c1cncc(O[C@@H]2CCN(Cc3nc4ccccc4s3)C2)c1. The minimum Gasteiger partial charge on any atom is -0.487 e. The third kappa shape index (κ3) is 2.96. The van der Waals surface area contributed by atoms with Crippen LogP contribution in [0.3, 0.4) is 0 Å². The first-order valence-electron chi connectivity index (χ1n) is 7.50. The molecule has 4 rings (SSSR count). The van der Waals surface area contributed by atoms with Crippen LogP contribution in [0.2, 0.25) is 0 Å². The van der Waals surface area contributed by atoms with E-state index in [1.54, 1.807) is 23.7 Å². The van der Waals surface area contributed by atoms with Gasteiger partial charge in [0.1, 0.15) is 16.9 Å². The molecule has 2 aromatic heterocycles. The molecular formula is C17H17N3OS. The van der Waals surface area contributed by atoms with E-state index < -0.39 is 0 Å². The van der Waals surface area contributed by atoms with Crippen molar-refractivity contribution >= 4 is 21.6 Å². The second-order valence-electron chi connectivity index (χ2n) is 5.53. The molecule has 1 saturated heterocycles. The van der Waals surface area contributed by atoms with E-state index in [4.69, 9.17) is 9.72 Å². The predicted octanol–water partition coefficient (Wildman–Crippen LogP) is 3.34. The van der Waals surface area contributed by atoms with Gasteiger partial charge < -0.3 is 4.74 Å². The maximum atomic E-state index is 5.98. The highest BCUT2D eigenvalue weighted by atomic mass is 32.1. The number of hydrogen-bond donors (Lipinski definition) is 0. The molecule has 22 heavy (non-hydrogen) atoms. The van der Waals surface area contributed by atoms with Gasteiger partial charge in [0.15, 0.2) is 0 Å². The van der Waals surface area contributed by atoms with Gasteiger partial charge in [-0.05, 0) is 30.7 Å². The Bertz CT molecular complexity index is 726. The lowest BCUT2D eigenvalue weighted by Crippen LogP contribution is -2.24. The van der Waals surface area contributed by atoms with Crippen LogP contribution in [0.5, 0.6) is 5.75 Å².